The largest absolute Gasteiger partial charge is 0.381 e. The molecule has 0 aromatic heterocycles. The average Bonchev–Trinajstić information content (AvgIpc) is 2.09. The number of benzene rings is 1. The van der Waals surface area contributed by atoms with Gasteiger partial charge in [-0.15, -0.1) is 0 Å². The maximum Gasteiger partial charge on any atom is 0.0478 e. The van der Waals surface area contributed by atoms with Crippen LogP contribution in [0.25, 0.3) is 0 Å². The van der Waals surface area contributed by atoms with Crippen LogP contribution >= 0.6 is 34.2 Å². The fraction of sp³-hybridized carbons (Fsp3) is 0.111. The lowest BCUT2D eigenvalue weighted by Gasteiger charge is -2.04. The van der Waals surface area contributed by atoms with E-state index >= 15 is 0 Å². The van der Waals surface area contributed by atoms with E-state index in [4.69, 9.17) is 11.6 Å². The quantitative estimate of drug-likeness (QED) is 0.842. The van der Waals surface area contributed by atoms with Crippen LogP contribution in [0.3, 0.4) is 0 Å². The molecule has 3 heteroatoms. The summed E-state index contributed by atoms with van der Waals surface area (Å²) in [5.41, 5.74) is 2.66. The second-order valence-electron chi connectivity index (χ2n) is 2.22. The Morgan fingerprint density at radius 3 is 2.83 bits per heavy atom. The van der Waals surface area contributed by atoms with E-state index in [1.54, 1.807) is 0 Å². The lowest BCUT2D eigenvalue weighted by Crippen LogP contribution is -1.99. The van der Waals surface area contributed by atoms with E-state index in [0.29, 0.717) is 0 Å². The maximum absolute atomic E-state index is 5.39. The third kappa shape index (κ3) is 3.03. The number of nitrogens with one attached hydrogen (secondary N) is 1. The van der Waals surface area contributed by atoms with Gasteiger partial charge in [-0.05, 0) is 34.7 Å². The molecular formula is C9H9ClIN. The van der Waals surface area contributed by atoms with E-state index in [2.05, 4.69) is 34.0 Å². The first-order valence-electron chi connectivity index (χ1n) is 3.58. The molecule has 1 aromatic carbocycles. The molecular weight excluding hydrogens is 284 g/mol. The summed E-state index contributed by atoms with van der Waals surface area (Å²) in [6, 6.07) is 8.14. The van der Waals surface area contributed by atoms with Crippen molar-refractivity contribution in [3.8, 4) is 0 Å². The molecule has 0 spiro atoms. The van der Waals surface area contributed by atoms with Gasteiger partial charge in [-0.2, -0.15) is 0 Å². The van der Waals surface area contributed by atoms with Gasteiger partial charge in [0, 0.05) is 21.3 Å². The number of hydrogen-bond acceptors (Lipinski definition) is 1. The molecule has 0 bridgehead atoms. The zero-order chi connectivity index (χ0) is 8.81. The molecule has 0 saturated heterocycles. The van der Waals surface area contributed by atoms with Crippen LogP contribution in [0.4, 0.5) is 5.69 Å². The van der Waals surface area contributed by atoms with Crippen molar-refractivity contribution in [1.29, 1.82) is 0 Å². The lowest BCUT2D eigenvalue weighted by molar-refractivity contribution is 1.33. The molecule has 0 radical (unpaired) electrons. The van der Waals surface area contributed by atoms with Crippen LogP contribution < -0.4 is 5.32 Å². The highest BCUT2D eigenvalue weighted by atomic mass is 127. The van der Waals surface area contributed by atoms with E-state index in [9.17, 15) is 0 Å². The average molecular weight is 294 g/mol. The maximum atomic E-state index is 5.39. The molecule has 1 nitrogen and oxygen atoms in total. The van der Waals surface area contributed by atoms with E-state index in [1.165, 1.54) is 9.11 Å². The fourth-order valence-electron chi connectivity index (χ4n) is 0.818. The van der Waals surface area contributed by atoms with Gasteiger partial charge in [0.15, 0.2) is 0 Å². The molecule has 1 aromatic rings. The van der Waals surface area contributed by atoms with Crippen molar-refractivity contribution >= 4 is 39.9 Å². The molecule has 0 atom stereocenters. The van der Waals surface area contributed by atoms with Gasteiger partial charge in [-0.1, -0.05) is 29.8 Å². The van der Waals surface area contributed by atoms with Crippen molar-refractivity contribution < 1.29 is 0 Å². The highest BCUT2D eigenvalue weighted by Crippen LogP contribution is 2.16. The van der Waals surface area contributed by atoms with Gasteiger partial charge in [-0.25, -0.2) is 0 Å². The van der Waals surface area contributed by atoms with E-state index in [-0.39, 0.29) is 0 Å². The molecule has 12 heavy (non-hydrogen) atoms. The summed E-state index contributed by atoms with van der Waals surface area (Å²) in [5, 5.41) is 3.24. The summed E-state index contributed by atoms with van der Waals surface area (Å²) >= 11 is 7.68. The Labute approximate surface area is 91.0 Å². The van der Waals surface area contributed by atoms with Crippen LogP contribution in [0.5, 0.6) is 0 Å². The molecule has 0 saturated carbocycles. The standard InChI is InChI=1S/C9H9ClIN/c10-6-3-7-12-9-5-2-1-4-8(9)11/h1-6,12H,7H2/b6-3+. The van der Waals surface area contributed by atoms with Gasteiger partial charge in [0.1, 0.15) is 0 Å². The second-order valence-corrected chi connectivity index (χ2v) is 3.64. The predicted octanol–water partition coefficient (Wildman–Crippen LogP) is 3.46. The second kappa shape index (κ2) is 5.43. The first-order chi connectivity index (χ1) is 5.84. The van der Waals surface area contributed by atoms with Crippen LogP contribution in [-0.4, -0.2) is 6.54 Å². The van der Waals surface area contributed by atoms with Crippen LogP contribution in [0, 0.1) is 3.57 Å². The first kappa shape index (κ1) is 9.86. The Morgan fingerprint density at radius 2 is 2.17 bits per heavy atom. The Bertz CT molecular complexity index is 273. The summed E-state index contributed by atoms with van der Waals surface area (Å²) in [4.78, 5) is 0. The minimum absolute atomic E-state index is 0.767. The molecule has 0 aliphatic heterocycles. The van der Waals surface area contributed by atoms with Crippen molar-refractivity contribution in [3.05, 3.63) is 39.4 Å². The van der Waals surface area contributed by atoms with Crippen LogP contribution in [0.15, 0.2) is 35.9 Å². The first-order valence-corrected chi connectivity index (χ1v) is 5.09. The van der Waals surface area contributed by atoms with Crippen molar-refractivity contribution in [1.82, 2.24) is 0 Å². The molecule has 1 N–H and O–H groups in total. The van der Waals surface area contributed by atoms with Crippen molar-refractivity contribution in [2.45, 2.75) is 0 Å². The Morgan fingerprint density at radius 1 is 1.42 bits per heavy atom. The Hall–Kier alpha value is -0.220. The summed E-state index contributed by atoms with van der Waals surface area (Å²) in [7, 11) is 0. The van der Waals surface area contributed by atoms with Gasteiger partial charge in [-0.3, -0.25) is 0 Å². The molecule has 0 aliphatic carbocycles. The summed E-state index contributed by atoms with van der Waals surface area (Å²) in [5.74, 6) is 0. The summed E-state index contributed by atoms with van der Waals surface area (Å²) in [6.45, 7) is 0.767. The van der Waals surface area contributed by atoms with E-state index < -0.39 is 0 Å². The molecule has 64 valence electrons. The third-order valence-corrected chi connectivity index (χ3v) is 2.49. The molecule has 0 amide bonds. The minimum atomic E-state index is 0.767. The highest BCUT2D eigenvalue weighted by molar-refractivity contribution is 14.1. The van der Waals surface area contributed by atoms with Gasteiger partial charge >= 0.3 is 0 Å². The molecule has 0 unspecified atom stereocenters. The number of halogens is 2. The van der Waals surface area contributed by atoms with E-state index in [1.807, 2.05) is 24.3 Å². The van der Waals surface area contributed by atoms with Gasteiger partial charge in [0.2, 0.25) is 0 Å². The summed E-state index contributed by atoms with van der Waals surface area (Å²) < 4.78 is 1.22. The van der Waals surface area contributed by atoms with Gasteiger partial charge in [0.25, 0.3) is 0 Å². The molecule has 0 fully saturated rings. The Kier molecular flexibility index (Phi) is 4.46. The molecule has 1 rings (SSSR count). The van der Waals surface area contributed by atoms with Crippen LogP contribution in [0.2, 0.25) is 0 Å². The molecule has 0 heterocycles. The number of hydrogen-bond donors (Lipinski definition) is 1. The monoisotopic (exact) mass is 293 g/mol. The number of anilines is 1. The van der Waals surface area contributed by atoms with E-state index in [0.717, 1.165) is 12.2 Å². The fourth-order valence-corrected chi connectivity index (χ4v) is 1.49. The topological polar surface area (TPSA) is 12.0 Å². The zero-order valence-electron chi connectivity index (χ0n) is 6.43. The zero-order valence-corrected chi connectivity index (χ0v) is 9.34. The Balaban J connectivity index is 2.57. The highest BCUT2D eigenvalue weighted by Gasteiger charge is 1.93. The van der Waals surface area contributed by atoms with Crippen LogP contribution in [-0.2, 0) is 0 Å². The summed E-state index contributed by atoms with van der Waals surface area (Å²) in [6.07, 6.45) is 1.87. The van der Waals surface area contributed by atoms with Crippen molar-refractivity contribution in [3.63, 3.8) is 0 Å². The number of rotatable bonds is 3. The van der Waals surface area contributed by atoms with Crippen molar-refractivity contribution in [2.75, 3.05) is 11.9 Å². The molecule has 0 aliphatic rings. The van der Waals surface area contributed by atoms with Gasteiger partial charge < -0.3 is 5.32 Å². The predicted molar refractivity (Wildman–Crippen MR) is 62.6 cm³/mol. The third-order valence-electron chi connectivity index (χ3n) is 1.37. The smallest absolute Gasteiger partial charge is 0.0478 e. The minimum Gasteiger partial charge on any atom is -0.381 e. The van der Waals surface area contributed by atoms with Gasteiger partial charge in [0.05, 0.1) is 0 Å². The normalized spacial score (nSPS) is 10.5. The SMILES string of the molecule is Cl/C=C/CNc1ccccc1I. The lowest BCUT2D eigenvalue weighted by atomic mass is 10.3. The number of para-hydroxylation sites is 1. The van der Waals surface area contributed by atoms with Crippen molar-refractivity contribution in [2.24, 2.45) is 0 Å². The van der Waals surface area contributed by atoms with Crippen LogP contribution in [0.1, 0.15) is 0 Å².